The van der Waals surface area contributed by atoms with E-state index in [9.17, 15) is 0 Å². The normalized spacial score (nSPS) is 13.0. The molecular formula is C19H25NO. The van der Waals surface area contributed by atoms with Gasteiger partial charge in [0.05, 0.1) is 0 Å². The van der Waals surface area contributed by atoms with E-state index in [2.05, 4.69) is 45.9 Å². The Morgan fingerprint density at radius 2 is 1.67 bits per heavy atom. The fourth-order valence-corrected chi connectivity index (χ4v) is 2.40. The third-order valence-corrected chi connectivity index (χ3v) is 3.57. The van der Waals surface area contributed by atoms with E-state index in [0.29, 0.717) is 0 Å². The largest absolute Gasteiger partial charge is 0.457 e. The molecule has 1 atom stereocenters. The molecule has 2 aromatic rings. The van der Waals surface area contributed by atoms with Crippen LogP contribution >= 0.6 is 0 Å². The van der Waals surface area contributed by atoms with Crippen LogP contribution in [0.15, 0.2) is 42.5 Å². The minimum absolute atomic E-state index is 0.0340. The van der Waals surface area contributed by atoms with Gasteiger partial charge >= 0.3 is 0 Å². The van der Waals surface area contributed by atoms with E-state index < -0.39 is 0 Å². The van der Waals surface area contributed by atoms with Gasteiger partial charge in [0.25, 0.3) is 0 Å². The van der Waals surface area contributed by atoms with Crippen LogP contribution in [-0.4, -0.2) is 0 Å². The summed E-state index contributed by atoms with van der Waals surface area (Å²) in [5, 5.41) is 0. The smallest absolute Gasteiger partial charge is 0.132 e. The van der Waals surface area contributed by atoms with Gasteiger partial charge in [-0.1, -0.05) is 51.1 Å². The van der Waals surface area contributed by atoms with Crippen LogP contribution in [0.3, 0.4) is 0 Å². The third kappa shape index (κ3) is 3.64. The van der Waals surface area contributed by atoms with Crippen molar-refractivity contribution in [2.45, 2.75) is 46.1 Å². The van der Waals surface area contributed by atoms with Crippen molar-refractivity contribution in [2.75, 3.05) is 0 Å². The van der Waals surface area contributed by atoms with Crippen LogP contribution in [0.1, 0.15) is 50.4 Å². The molecule has 112 valence electrons. The maximum atomic E-state index is 6.23. The molecule has 2 aromatic carbocycles. The molecule has 0 unspecified atom stereocenters. The van der Waals surface area contributed by atoms with Crippen LogP contribution in [0.25, 0.3) is 0 Å². The van der Waals surface area contributed by atoms with Crippen molar-refractivity contribution >= 4 is 0 Å². The van der Waals surface area contributed by atoms with Crippen molar-refractivity contribution < 1.29 is 4.74 Å². The summed E-state index contributed by atoms with van der Waals surface area (Å²) in [6.07, 6.45) is 0. The molecule has 0 spiro atoms. The number of nitrogens with two attached hydrogens (primary N) is 1. The first-order chi connectivity index (χ1) is 9.79. The zero-order valence-corrected chi connectivity index (χ0v) is 13.6. The predicted octanol–water partition coefficient (Wildman–Crippen LogP) is 5.10. The van der Waals surface area contributed by atoms with Crippen molar-refractivity contribution in [1.82, 2.24) is 0 Å². The Balaban J connectivity index is 2.47. The second kappa shape index (κ2) is 5.90. The lowest BCUT2D eigenvalue weighted by Crippen LogP contribution is -2.13. The van der Waals surface area contributed by atoms with E-state index in [4.69, 9.17) is 10.5 Å². The molecule has 0 heterocycles. The molecule has 0 saturated carbocycles. The summed E-state index contributed by atoms with van der Waals surface area (Å²) in [7, 11) is 0. The molecule has 0 aromatic heterocycles. The number of aryl methyl sites for hydroxylation is 1. The molecular weight excluding hydrogens is 258 g/mol. The topological polar surface area (TPSA) is 35.2 Å². The summed E-state index contributed by atoms with van der Waals surface area (Å²) in [6, 6.07) is 14.3. The first kappa shape index (κ1) is 15.6. The third-order valence-electron chi connectivity index (χ3n) is 3.57. The molecule has 0 fully saturated rings. The van der Waals surface area contributed by atoms with Gasteiger partial charge in [0, 0.05) is 17.2 Å². The molecule has 2 nitrogen and oxygen atoms in total. The number of hydrogen-bond donors (Lipinski definition) is 1. The standard InChI is InChI=1S/C19H25NO/c1-13-10-11-16(19(3,4)5)18(12-13)21-17-9-7-6-8-15(17)14(2)20/h6-12,14H,20H2,1-5H3/t14-/m0/s1. The Bertz CT molecular complexity index is 624. The summed E-state index contributed by atoms with van der Waals surface area (Å²) < 4.78 is 6.23. The lowest BCUT2D eigenvalue weighted by atomic mass is 9.86. The van der Waals surface area contributed by atoms with Crippen LogP contribution in [0.2, 0.25) is 0 Å². The van der Waals surface area contributed by atoms with Crippen molar-refractivity contribution in [2.24, 2.45) is 5.73 Å². The molecule has 0 aliphatic carbocycles. The summed E-state index contributed by atoms with van der Waals surface area (Å²) >= 11 is 0. The van der Waals surface area contributed by atoms with E-state index in [1.165, 1.54) is 11.1 Å². The maximum absolute atomic E-state index is 6.23. The van der Waals surface area contributed by atoms with E-state index in [1.807, 2.05) is 31.2 Å². The van der Waals surface area contributed by atoms with E-state index in [1.54, 1.807) is 0 Å². The molecule has 21 heavy (non-hydrogen) atoms. The molecule has 2 rings (SSSR count). The van der Waals surface area contributed by atoms with E-state index >= 15 is 0 Å². The number of rotatable bonds is 3. The van der Waals surface area contributed by atoms with E-state index in [-0.39, 0.29) is 11.5 Å². The minimum atomic E-state index is -0.0518. The Kier molecular flexibility index (Phi) is 4.38. The van der Waals surface area contributed by atoms with Gasteiger partial charge < -0.3 is 10.5 Å². The molecule has 0 saturated heterocycles. The highest BCUT2D eigenvalue weighted by Crippen LogP contribution is 2.36. The van der Waals surface area contributed by atoms with Crippen LogP contribution in [0, 0.1) is 6.92 Å². The molecule has 0 bridgehead atoms. The van der Waals surface area contributed by atoms with Crippen LogP contribution < -0.4 is 10.5 Å². The highest BCUT2D eigenvalue weighted by molar-refractivity contribution is 5.46. The van der Waals surface area contributed by atoms with Gasteiger partial charge in [-0.3, -0.25) is 0 Å². The Labute approximate surface area is 127 Å². The van der Waals surface area contributed by atoms with Gasteiger partial charge in [0.2, 0.25) is 0 Å². The summed E-state index contributed by atoms with van der Waals surface area (Å²) in [4.78, 5) is 0. The van der Waals surface area contributed by atoms with Crippen LogP contribution in [0.4, 0.5) is 0 Å². The van der Waals surface area contributed by atoms with Crippen molar-refractivity contribution in [3.63, 3.8) is 0 Å². The zero-order valence-electron chi connectivity index (χ0n) is 13.6. The lowest BCUT2D eigenvalue weighted by Gasteiger charge is -2.24. The van der Waals surface area contributed by atoms with Crippen molar-refractivity contribution in [3.8, 4) is 11.5 Å². The molecule has 0 amide bonds. The fourth-order valence-electron chi connectivity index (χ4n) is 2.40. The highest BCUT2D eigenvalue weighted by atomic mass is 16.5. The molecule has 2 N–H and O–H groups in total. The SMILES string of the molecule is Cc1ccc(C(C)(C)C)c(Oc2ccccc2[C@H](C)N)c1. The maximum Gasteiger partial charge on any atom is 0.132 e. The molecule has 2 heteroatoms. The second-order valence-electron chi connectivity index (χ2n) is 6.68. The second-order valence-corrected chi connectivity index (χ2v) is 6.68. The van der Waals surface area contributed by atoms with Crippen LogP contribution in [0.5, 0.6) is 11.5 Å². The predicted molar refractivity (Wildman–Crippen MR) is 89.0 cm³/mol. The number of benzene rings is 2. The monoisotopic (exact) mass is 283 g/mol. The molecule has 0 aliphatic rings. The van der Waals surface area contributed by atoms with Gasteiger partial charge in [-0.25, -0.2) is 0 Å². The van der Waals surface area contributed by atoms with Crippen molar-refractivity contribution in [1.29, 1.82) is 0 Å². The Morgan fingerprint density at radius 3 is 2.29 bits per heavy atom. The Hall–Kier alpha value is -1.80. The van der Waals surface area contributed by atoms with Crippen LogP contribution in [-0.2, 0) is 5.41 Å². The highest BCUT2D eigenvalue weighted by Gasteiger charge is 2.20. The first-order valence-electron chi connectivity index (χ1n) is 7.42. The average molecular weight is 283 g/mol. The summed E-state index contributed by atoms with van der Waals surface area (Å²) in [5.41, 5.74) is 9.50. The van der Waals surface area contributed by atoms with Gasteiger partial charge in [-0.2, -0.15) is 0 Å². The van der Waals surface area contributed by atoms with Gasteiger partial charge in [0.15, 0.2) is 0 Å². The van der Waals surface area contributed by atoms with Gasteiger partial charge in [-0.15, -0.1) is 0 Å². The van der Waals surface area contributed by atoms with Crippen molar-refractivity contribution in [3.05, 3.63) is 59.2 Å². The first-order valence-corrected chi connectivity index (χ1v) is 7.42. The number of ether oxygens (including phenoxy) is 1. The number of hydrogen-bond acceptors (Lipinski definition) is 2. The quantitative estimate of drug-likeness (QED) is 0.850. The fraction of sp³-hybridized carbons (Fsp3) is 0.368. The van der Waals surface area contributed by atoms with E-state index in [0.717, 1.165) is 17.1 Å². The zero-order chi connectivity index (χ0) is 15.6. The lowest BCUT2D eigenvalue weighted by molar-refractivity contribution is 0.447. The average Bonchev–Trinajstić information content (AvgIpc) is 2.37. The molecule has 0 aliphatic heterocycles. The summed E-state index contributed by atoms with van der Waals surface area (Å²) in [5.74, 6) is 1.75. The molecule has 0 radical (unpaired) electrons. The van der Waals surface area contributed by atoms with Gasteiger partial charge in [-0.05, 0) is 37.0 Å². The minimum Gasteiger partial charge on any atom is -0.457 e. The Morgan fingerprint density at radius 1 is 1.00 bits per heavy atom. The number of para-hydroxylation sites is 1. The summed E-state index contributed by atoms with van der Waals surface area (Å²) in [6.45, 7) is 10.6. The van der Waals surface area contributed by atoms with Gasteiger partial charge in [0.1, 0.15) is 11.5 Å².